The Balaban J connectivity index is 1.41. The Bertz CT molecular complexity index is 2330. The van der Waals surface area contributed by atoms with Crippen molar-refractivity contribution in [2.75, 3.05) is 0 Å². The van der Waals surface area contributed by atoms with Crippen molar-refractivity contribution in [1.29, 1.82) is 0 Å². The van der Waals surface area contributed by atoms with E-state index < -0.39 is 7.14 Å². The first-order chi connectivity index (χ1) is 19.2. The number of aromatic nitrogens is 2. The summed E-state index contributed by atoms with van der Waals surface area (Å²) in [4.78, 5) is 5.06. The summed E-state index contributed by atoms with van der Waals surface area (Å²) in [6.07, 6.45) is 0. The Hall–Kier alpha value is -4.72. The largest absolute Gasteiger partial charge is 0.309 e. The Morgan fingerprint density at radius 1 is 0.564 bits per heavy atom. The number of benzene rings is 6. The van der Waals surface area contributed by atoms with E-state index in [1.807, 2.05) is 42.5 Å². The van der Waals surface area contributed by atoms with Gasteiger partial charge in [0.05, 0.1) is 16.6 Å². The predicted octanol–water partition coefficient (Wildman–Crippen LogP) is 7.57. The number of pyridine rings is 1. The molecule has 1 aliphatic rings. The van der Waals surface area contributed by atoms with Crippen LogP contribution in [0.2, 0.25) is 0 Å². The molecule has 6 aromatic carbocycles. The van der Waals surface area contributed by atoms with E-state index in [4.69, 9.17) is 4.98 Å². The van der Waals surface area contributed by atoms with Gasteiger partial charge in [-0.25, -0.2) is 4.98 Å². The normalized spacial score (nSPS) is 13.9. The van der Waals surface area contributed by atoms with E-state index in [1.165, 1.54) is 10.8 Å². The molecular weight excluding hydrogens is 495 g/mol. The van der Waals surface area contributed by atoms with Crippen molar-refractivity contribution in [2.24, 2.45) is 0 Å². The van der Waals surface area contributed by atoms with Crippen molar-refractivity contribution in [3.8, 4) is 11.1 Å². The SMILES string of the molecule is O=P1(c2ccc3c(ccc4c5ccccc5c5nc6ccccc6n5c34)c2)c2ccccc2-c2ccccc21. The highest BCUT2D eigenvalue weighted by atomic mass is 31.2. The number of para-hydroxylation sites is 2. The Kier molecular flexibility index (Phi) is 4.05. The number of hydrogen-bond donors (Lipinski definition) is 0. The summed E-state index contributed by atoms with van der Waals surface area (Å²) in [5.41, 5.74) is 6.31. The highest BCUT2D eigenvalue weighted by molar-refractivity contribution is 7.86. The van der Waals surface area contributed by atoms with Gasteiger partial charge in [0, 0.05) is 32.1 Å². The molecule has 0 radical (unpaired) electrons. The fourth-order valence-corrected chi connectivity index (χ4v) is 9.74. The standard InChI is InChI=1S/C35H21N2OP/c38-39(32-15-7-3-10-26(32)27-11-4-8-16-33(27)39)23-18-20-24-22(21-23)17-19-28-25-9-1-2-12-29(25)35-36-30-13-5-6-14-31(30)37(35)34(24)28/h1-21H. The summed E-state index contributed by atoms with van der Waals surface area (Å²) < 4.78 is 17.4. The Morgan fingerprint density at radius 2 is 1.21 bits per heavy atom. The van der Waals surface area contributed by atoms with Crippen LogP contribution in [0.25, 0.3) is 60.3 Å². The number of imidazole rings is 1. The maximum atomic E-state index is 15.1. The molecule has 3 heterocycles. The van der Waals surface area contributed by atoms with Crippen LogP contribution in [0.3, 0.4) is 0 Å². The van der Waals surface area contributed by atoms with Gasteiger partial charge in [-0.2, -0.15) is 0 Å². The summed E-state index contributed by atoms with van der Waals surface area (Å²) in [5.74, 6) is 0. The van der Waals surface area contributed by atoms with Crippen LogP contribution in [0.1, 0.15) is 0 Å². The van der Waals surface area contributed by atoms with E-state index in [0.717, 1.165) is 65.4 Å². The summed E-state index contributed by atoms with van der Waals surface area (Å²) in [6, 6.07) is 43.9. The third kappa shape index (κ3) is 2.63. The average molecular weight is 517 g/mol. The zero-order valence-corrected chi connectivity index (χ0v) is 21.8. The van der Waals surface area contributed by atoms with Crippen molar-refractivity contribution < 1.29 is 4.57 Å². The minimum atomic E-state index is -3.00. The zero-order chi connectivity index (χ0) is 25.7. The first-order valence-electron chi connectivity index (χ1n) is 13.2. The van der Waals surface area contributed by atoms with Gasteiger partial charge < -0.3 is 4.57 Å². The van der Waals surface area contributed by atoms with E-state index in [0.29, 0.717) is 0 Å². The molecule has 0 bridgehead atoms. The van der Waals surface area contributed by atoms with Crippen molar-refractivity contribution in [1.82, 2.24) is 9.38 Å². The second-order valence-corrected chi connectivity index (χ2v) is 13.0. The minimum absolute atomic E-state index is 0.874. The molecule has 3 nitrogen and oxygen atoms in total. The van der Waals surface area contributed by atoms with Crippen LogP contribution in [-0.2, 0) is 4.57 Å². The molecule has 0 spiro atoms. The highest BCUT2D eigenvalue weighted by Gasteiger charge is 2.39. The number of nitrogens with zero attached hydrogens (tertiary/aromatic N) is 2. The smallest absolute Gasteiger partial charge is 0.172 e. The summed E-state index contributed by atoms with van der Waals surface area (Å²) in [5, 5.41) is 8.45. The molecule has 0 unspecified atom stereocenters. The lowest BCUT2D eigenvalue weighted by atomic mass is 10.0. The van der Waals surface area contributed by atoms with Gasteiger partial charge in [-0.05, 0) is 40.1 Å². The first kappa shape index (κ1) is 21.2. The predicted molar refractivity (Wildman–Crippen MR) is 164 cm³/mol. The third-order valence-corrected chi connectivity index (χ3v) is 11.5. The van der Waals surface area contributed by atoms with Gasteiger partial charge in [-0.3, -0.25) is 4.40 Å². The van der Waals surface area contributed by atoms with Crippen molar-refractivity contribution in [3.63, 3.8) is 0 Å². The number of fused-ring (bicyclic) bond motifs is 13. The second-order valence-electron chi connectivity index (χ2n) is 10.3. The van der Waals surface area contributed by atoms with Crippen molar-refractivity contribution in [3.05, 3.63) is 127 Å². The van der Waals surface area contributed by atoms with E-state index in [-0.39, 0.29) is 0 Å². The maximum absolute atomic E-state index is 15.1. The minimum Gasteiger partial charge on any atom is -0.309 e. The first-order valence-corrected chi connectivity index (χ1v) is 14.9. The molecule has 0 saturated heterocycles. The molecule has 8 aromatic rings. The molecule has 0 aliphatic carbocycles. The van der Waals surface area contributed by atoms with Gasteiger partial charge in [0.15, 0.2) is 7.14 Å². The number of hydrogen-bond acceptors (Lipinski definition) is 2. The molecule has 2 aromatic heterocycles. The van der Waals surface area contributed by atoms with Crippen molar-refractivity contribution >= 4 is 72.2 Å². The molecule has 4 heteroatoms. The second kappa shape index (κ2) is 7.44. The monoisotopic (exact) mass is 516 g/mol. The summed E-state index contributed by atoms with van der Waals surface area (Å²) in [7, 11) is -3.00. The van der Waals surface area contributed by atoms with Gasteiger partial charge in [0.2, 0.25) is 0 Å². The molecule has 0 atom stereocenters. The van der Waals surface area contributed by atoms with Gasteiger partial charge in [0.1, 0.15) is 5.65 Å². The molecule has 0 saturated carbocycles. The van der Waals surface area contributed by atoms with Gasteiger partial charge in [0.25, 0.3) is 0 Å². The van der Waals surface area contributed by atoms with Crippen LogP contribution in [0, 0.1) is 0 Å². The fourth-order valence-electron chi connectivity index (χ4n) is 6.66. The highest BCUT2D eigenvalue weighted by Crippen LogP contribution is 2.52. The molecule has 0 amide bonds. The molecule has 0 fully saturated rings. The molecule has 9 rings (SSSR count). The zero-order valence-electron chi connectivity index (χ0n) is 20.9. The fraction of sp³-hybridized carbons (Fsp3) is 0. The van der Waals surface area contributed by atoms with E-state index >= 15 is 4.57 Å². The number of rotatable bonds is 1. The van der Waals surface area contributed by atoms with Crippen molar-refractivity contribution in [2.45, 2.75) is 0 Å². The lowest BCUT2D eigenvalue weighted by Crippen LogP contribution is -2.20. The van der Waals surface area contributed by atoms with Crippen LogP contribution < -0.4 is 15.9 Å². The molecule has 1 aliphatic heterocycles. The Morgan fingerprint density at radius 3 is 2.00 bits per heavy atom. The molecule has 39 heavy (non-hydrogen) atoms. The van der Waals surface area contributed by atoms with E-state index in [9.17, 15) is 0 Å². The lowest BCUT2D eigenvalue weighted by molar-refractivity contribution is 0.593. The van der Waals surface area contributed by atoms with E-state index in [1.54, 1.807) is 0 Å². The van der Waals surface area contributed by atoms with Crippen LogP contribution in [-0.4, -0.2) is 9.38 Å². The van der Waals surface area contributed by atoms with Gasteiger partial charge in [-0.15, -0.1) is 0 Å². The topological polar surface area (TPSA) is 34.4 Å². The molecule has 0 N–H and O–H groups in total. The van der Waals surface area contributed by atoms with Crippen LogP contribution >= 0.6 is 7.14 Å². The van der Waals surface area contributed by atoms with Gasteiger partial charge in [-0.1, -0.05) is 109 Å². The average Bonchev–Trinajstić information content (AvgIpc) is 3.51. The summed E-state index contributed by atoms with van der Waals surface area (Å²) in [6.45, 7) is 0. The Labute approximate surface area is 224 Å². The third-order valence-electron chi connectivity index (χ3n) is 8.36. The van der Waals surface area contributed by atoms with E-state index in [2.05, 4.69) is 89.3 Å². The van der Waals surface area contributed by atoms with Gasteiger partial charge >= 0.3 is 0 Å². The maximum Gasteiger partial charge on any atom is 0.172 e. The van der Waals surface area contributed by atoms with Crippen LogP contribution in [0.15, 0.2) is 127 Å². The lowest BCUT2D eigenvalue weighted by Gasteiger charge is -2.17. The van der Waals surface area contributed by atoms with Crippen LogP contribution in [0.5, 0.6) is 0 Å². The summed E-state index contributed by atoms with van der Waals surface area (Å²) >= 11 is 0. The quantitative estimate of drug-likeness (QED) is 0.167. The molecule has 182 valence electrons. The molecular formula is C35H21N2OP. The van der Waals surface area contributed by atoms with Crippen LogP contribution in [0.4, 0.5) is 0 Å².